The number of esters is 1. The van der Waals surface area contributed by atoms with Crippen LogP contribution in [0.25, 0.3) is 0 Å². The van der Waals surface area contributed by atoms with E-state index in [2.05, 4.69) is 50.4 Å². The van der Waals surface area contributed by atoms with E-state index in [1.165, 1.54) is 218 Å². The molecule has 80 heavy (non-hydrogen) atoms. The molecule has 0 bridgehead atoms. The highest BCUT2D eigenvalue weighted by molar-refractivity contribution is 5.80. The minimum atomic E-state index is -1.61. The van der Waals surface area contributed by atoms with Crippen LogP contribution in [0.4, 0.5) is 0 Å². The van der Waals surface area contributed by atoms with Crippen molar-refractivity contribution >= 4 is 11.9 Å². The summed E-state index contributed by atoms with van der Waals surface area (Å²) in [5.74, 6) is -1.18. The fourth-order valence-electron chi connectivity index (χ4n) is 10.9. The summed E-state index contributed by atoms with van der Waals surface area (Å²) in [5.41, 5.74) is 0. The van der Waals surface area contributed by atoms with Crippen molar-refractivity contribution in [3.05, 3.63) is 36.5 Å². The average molecular weight is 1130 g/mol. The quantitative estimate of drug-likeness (QED) is 0.0195. The van der Waals surface area contributed by atoms with Crippen molar-refractivity contribution in [1.82, 2.24) is 5.32 Å². The van der Waals surface area contributed by atoms with E-state index in [9.17, 15) is 35.1 Å². The molecule has 0 aliphatic carbocycles. The molecule has 6 N–H and O–H groups in total. The first kappa shape index (κ1) is 75.9. The van der Waals surface area contributed by atoms with Crippen molar-refractivity contribution in [1.29, 1.82) is 0 Å². The number of unbranched alkanes of at least 4 members (excludes halogenated alkanes) is 41. The van der Waals surface area contributed by atoms with Crippen LogP contribution < -0.4 is 5.32 Å². The second kappa shape index (κ2) is 57.3. The van der Waals surface area contributed by atoms with Gasteiger partial charge in [-0.1, -0.05) is 301 Å². The summed E-state index contributed by atoms with van der Waals surface area (Å²) >= 11 is 0. The standard InChI is InChI=1S/C69H129NO10/c1-4-7-10-13-16-19-22-25-27-29-31-32-33-35-37-39-42-45-48-51-54-57-64(74)80-67-66(76)65(75)63(58-71)79-69(67)78-59-60(61(72)55-52-49-46-43-40-24-21-18-15-12-9-6-3)70-68(77)62(73)56-53-50-47-44-41-38-36-34-30-28-26-23-20-17-14-11-8-5-2/h16,19,25,27,52,55,60-63,65-67,69,71-73,75-76H,4-15,17-18,20-24,26,28-51,53-54,56-59H2,1-3H3,(H,70,77)/b19-16-,27-25-,55-52+. The fourth-order valence-corrected chi connectivity index (χ4v) is 10.9. The molecule has 0 saturated carbocycles. The van der Waals surface area contributed by atoms with Crippen LogP contribution in [0.1, 0.15) is 329 Å². The van der Waals surface area contributed by atoms with Gasteiger partial charge in [0.15, 0.2) is 12.4 Å². The van der Waals surface area contributed by atoms with Gasteiger partial charge < -0.3 is 45.1 Å². The van der Waals surface area contributed by atoms with E-state index in [-0.39, 0.29) is 13.0 Å². The molecule has 1 fully saturated rings. The lowest BCUT2D eigenvalue weighted by molar-refractivity contribution is -0.305. The Morgan fingerprint density at radius 3 is 1.30 bits per heavy atom. The largest absolute Gasteiger partial charge is 0.454 e. The number of carbonyl (C=O) groups is 2. The van der Waals surface area contributed by atoms with Crippen molar-refractivity contribution in [3.63, 3.8) is 0 Å². The number of ether oxygens (including phenoxy) is 3. The molecule has 0 aromatic carbocycles. The number of aliphatic hydroxyl groups excluding tert-OH is 5. The maximum atomic E-state index is 13.5. The van der Waals surface area contributed by atoms with Gasteiger partial charge in [-0.25, -0.2) is 0 Å². The van der Waals surface area contributed by atoms with Gasteiger partial charge in [0, 0.05) is 6.42 Å². The van der Waals surface area contributed by atoms with Crippen molar-refractivity contribution in [3.8, 4) is 0 Å². The first-order valence-corrected chi connectivity index (χ1v) is 34.3. The van der Waals surface area contributed by atoms with E-state index in [4.69, 9.17) is 14.2 Å². The molecule has 0 radical (unpaired) electrons. The highest BCUT2D eigenvalue weighted by Gasteiger charge is 2.47. The van der Waals surface area contributed by atoms with Crippen molar-refractivity contribution in [2.24, 2.45) is 0 Å². The van der Waals surface area contributed by atoms with Crippen molar-refractivity contribution < 1.29 is 49.3 Å². The number of hydrogen-bond donors (Lipinski definition) is 6. The maximum absolute atomic E-state index is 13.5. The zero-order chi connectivity index (χ0) is 58.2. The minimum Gasteiger partial charge on any atom is -0.454 e. The Kier molecular flexibility index (Phi) is 54.4. The molecule has 11 nitrogen and oxygen atoms in total. The Bertz CT molecular complexity index is 1440. The lowest BCUT2D eigenvalue weighted by atomic mass is 9.99. The van der Waals surface area contributed by atoms with Crippen LogP contribution in [0.5, 0.6) is 0 Å². The van der Waals surface area contributed by atoms with Crippen LogP contribution in [-0.4, -0.2) is 99.6 Å². The van der Waals surface area contributed by atoms with Gasteiger partial charge in [-0.15, -0.1) is 0 Å². The topological polar surface area (TPSA) is 175 Å². The molecule has 11 heteroatoms. The van der Waals surface area contributed by atoms with Gasteiger partial charge in [0.25, 0.3) is 0 Å². The average Bonchev–Trinajstić information content (AvgIpc) is 3.45. The van der Waals surface area contributed by atoms with Crippen LogP contribution >= 0.6 is 0 Å². The lowest BCUT2D eigenvalue weighted by Gasteiger charge is -2.41. The smallest absolute Gasteiger partial charge is 0.306 e. The fraction of sp³-hybridized carbons (Fsp3) is 0.884. The zero-order valence-electron chi connectivity index (χ0n) is 52.2. The van der Waals surface area contributed by atoms with E-state index >= 15 is 0 Å². The van der Waals surface area contributed by atoms with Crippen LogP contribution in [-0.2, 0) is 23.8 Å². The molecule has 8 atom stereocenters. The third-order valence-corrected chi connectivity index (χ3v) is 16.3. The second-order valence-electron chi connectivity index (χ2n) is 23.9. The molecule has 0 spiro atoms. The second-order valence-corrected chi connectivity index (χ2v) is 23.9. The first-order chi connectivity index (χ1) is 39.2. The van der Waals surface area contributed by atoms with E-state index in [1.54, 1.807) is 6.08 Å². The summed E-state index contributed by atoms with van der Waals surface area (Å²) in [5, 5.41) is 57.2. The summed E-state index contributed by atoms with van der Waals surface area (Å²) in [6.07, 6.45) is 58.9. The van der Waals surface area contributed by atoms with Gasteiger partial charge >= 0.3 is 5.97 Å². The Balaban J connectivity index is 2.60. The van der Waals surface area contributed by atoms with Crippen LogP contribution in [0.3, 0.4) is 0 Å². The van der Waals surface area contributed by atoms with E-state index in [0.717, 1.165) is 64.2 Å². The molecule has 1 rings (SSSR count). The number of nitrogens with one attached hydrogen (secondary N) is 1. The molecular formula is C69H129NO10. The molecular weight excluding hydrogens is 1000 g/mol. The normalized spacial score (nSPS) is 18.9. The molecule has 470 valence electrons. The monoisotopic (exact) mass is 1130 g/mol. The van der Waals surface area contributed by atoms with Gasteiger partial charge in [-0.2, -0.15) is 0 Å². The highest BCUT2D eigenvalue weighted by Crippen LogP contribution is 2.26. The Labute approximate surface area is 492 Å². The van der Waals surface area contributed by atoms with Crippen molar-refractivity contribution in [2.75, 3.05) is 13.2 Å². The van der Waals surface area contributed by atoms with E-state index in [1.807, 2.05) is 6.08 Å². The molecule has 0 aromatic heterocycles. The number of hydrogen-bond acceptors (Lipinski definition) is 10. The number of rotatable bonds is 59. The molecule has 1 saturated heterocycles. The van der Waals surface area contributed by atoms with Crippen LogP contribution in [0.2, 0.25) is 0 Å². The van der Waals surface area contributed by atoms with Crippen LogP contribution in [0.15, 0.2) is 36.5 Å². The van der Waals surface area contributed by atoms with Gasteiger partial charge in [-0.05, 0) is 57.8 Å². The van der Waals surface area contributed by atoms with Gasteiger partial charge in [0.2, 0.25) is 5.91 Å². The maximum Gasteiger partial charge on any atom is 0.306 e. The third-order valence-electron chi connectivity index (χ3n) is 16.3. The van der Waals surface area contributed by atoms with Gasteiger partial charge in [-0.3, -0.25) is 9.59 Å². The third kappa shape index (κ3) is 44.4. The zero-order valence-corrected chi connectivity index (χ0v) is 52.2. The van der Waals surface area contributed by atoms with E-state index in [0.29, 0.717) is 19.3 Å². The summed E-state index contributed by atoms with van der Waals surface area (Å²) in [4.78, 5) is 26.6. The molecule has 8 unspecified atom stereocenters. The number of aliphatic hydroxyl groups is 5. The lowest BCUT2D eigenvalue weighted by Crippen LogP contribution is -2.61. The van der Waals surface area contributed by atoms with Crippen molar-refractivity contribution in [2.45, 2.75) is 378 Å². The SMILES string of the molecule is CCCCC/C=C\C/C=C\CCCCCCCCCCCCCC(=O)OC1C(OCC(NC(=O)C(O)CCCCCCCCCCCCCCCCCCCC)C(O)/C=C/CCCCCCCCCCCC)OC(CO)C(O)C1O. The molecule has 1 heterocycles. The Hall–Kier alpha value is -2.12. The molecule has 1 aliphatic rings. The number of allylic oxidation sites excluding steroid dienone is 5. The molecule has 1 amide bonds. The van der Waals surface area contributed by atoms with Gasteiger partial charge in [0.1, 0.15) is 24.4 Å². The first-order valence-electron chi connectivity index (χ1n) is 34.3. The predicted molar refractivity (Wildman–Crippen MR) is 334 cm³/mol. The Morgan fingerprint density at radius 1 is 0.487 bits per heavy atom. The summed E-state index contributed by atoms with van der Waals surface area (Å²) in [6, 6.07) is -1.02. The minimum absolute atomic E-state index is 0.124. The Morgan fingerprint density at radius 2 is 0.863 bits per heavy atom. The number of amides is 1. The molecule has 0 aromatic rings. The van der Waals surface area contributed by atoms with E-state index < -0.39 is 67.4 Å². The number of carbonyl (C=O) groups excluding carboxylic acids is 2. The molecule has 1 aliphatic heterocycles. The van der Waals surface area contributed by atoms with Crippen LogP contribution in [0, 0.1) is 0 Å². The summed E-state index contributed by atoms with van der Waals surface area (Å²) in [6.45, 7) is 5.81. The highest BCUT2D eigenvalue weighted by atomic mass is 16.7. The van der Waals surface area contributed by atoms with Gasteiger partial charge in [0.05, 0.1) is 25.4 Å². The predicted octanol–water partition coefficient (Wildman–Crippen LogP) is 17.0. The summed E-state index contributed by atoms with van der Waals surface area (Å²) < 4.78 is 17.7. The summed E-state index contributed by atoms with van der Waals surface area (Å²) in [7, 11) is 0.